The molecule has 1 saturated heterocycles. The van der Waals surface area contributed by atoms with Gasteiger partial charge in [-0.1, -0.05) is 35.9 Å². The third-order valence-electron chi connectivity index (χ3n) is 8.55. The molecule has 4 aliphatic rings. The zero-order valence-corrected chi connectivity index (χ0v) is 21.4. The van der Waals surface area contributed by atoms with Crippen molar-refractivity contribution in [2.75, 3.05) is 4.90 Å². The first-order chi connectivity index (χ1) is 18.6. The van der Waals surface area contributed by atoms with E-state index < -0.39 is 36.7 Å². The highest BCUT2D eigenvalue weighted by atomic mass is 16.4. The number of nitrogens with zero attached hydrogens (tertiary/aromatic N) is 1. The Morgan fingerprint density at radius 2 is 1.72 bits per heavy atom. The van der Waals surface area contributed by atoms with Gasteiger partial charge in [-0.15, -0.1) is 0 Å². The number of amides is 2. The van der Waals surface area contributed by atoms with E-state index in [-0.39, 0.29) is 40.8 Å². The van der Waals surface area contributed by atoms with Crippen LogP contribution in [0.4, 0.5) is 5.69 Å². The molecule has 0 radical (unpaired) electrons. The molecular weight excluding hydrogens is 497 g/mol. The van der Waals surface area contributed by atoms with Crippen LogP contribution in [0.5, 0.6) is 5.75 Å². The van der Waals surface area contributed by atoms with Gasteiger partial charge < -0.3 is 15.2 Å². The van der Waals surface area contributed by atoms with Crippen LogP contribution in [0.3, 0.4) is 0 Å². The van der Waals surface area contributed by atoms with Gasteiger partial charge in [0.1, 0.15) is 5.75 Å². The average Bonchev–Trinajstić information content (AvgIpc) is 3.17. The SMILES string of the molecule is CC1=CC(=O)C2=C(C1=O)C(c1ccc(O)c(C)c1)C1=CCC3C(=O)N(c4cccc(B(O)O)c4)C(=O)C3C1C2. The highest BCUT2D eigenvalue weighted by Crippen LogP contribution is 2.55. The molecule has 8 nitrogen and oxygen atoms in total. The quantitative estimate of drug-likeness (QED) is 0.243. The molecule has 0 aromatic heterocycles. The molecular formula is C30H26BNO7. The van der Waals surface area contributed by atoms with Crippen LogP contribution in [0.25, 0.3) is 0 Å². The van der Waals surface area contributed by atoms with E-state index in [9.17, 15) is 34.3 Å². The first-order valence-corrected chi connectivity index (χ1v) is 12.9. The third-order valence-corrected chi connectivity index (χ3v) is 8.55. The summed E-state index contributed by atoms with van der Waals surface area (Å²) in [4.78, 5) is 55.3. The molecule has 3 N–H and O–H groups in total. The van der Waals surface area contributed by atoms with E-state index in [1.165, 1.54) is 18.2 Å². The van der Waals surface area contributed by atoms with Gasteiger partial charge in [0.15, 0.2) is 11.6 Å². The summed E-state index contributed by atoms with van der Waals surface area (Å²) in [5.41, 5.74) is 3.74. The second kappa shape index (κ2) is 9.00. The summed E-state index contributed by atoms with van der Waals surface area (Å²) in [5, 5.41) is 29.4. The van der Waals surface area contributed by atoms with Crippen molar-refractivity contribution in [1.29, 1.82) is 0 Å². The molecule has 9 heteroatoms. The maximum absolute atomic E-state index is 13.9. The van der Waals surface area contributed by atoms with Crippen LogP contribution in [-0.4, -0.2) is 45.7 Å². The molecule has 2 aromatic rings. The van der Waals surface area contributed by atoms with E-state index in [1.54, 1.807) is 44.2 Å². The predicted molar refractivity (Wildman–Crippen MR) is 143 cm³/mol. The predicted octanol–water partition coefficient (Wildman–Crippen LogP) is 2.01. The number of anilines is 1. The number of benzene rings is 2. The summed E-state index contributed by atoms with van der Waals surface area (Å²) < 4.78 is 0. The van der Waals surface area contributed by atoms with Gasteiger partial charge in [-0.05, 0) is 73.5 Å². The number of Topliss-reactive ketones (excluding diaryl/α,β-unsaturated/α-hetero) is 1. The number of carbonyl (C=O) groups excluding carboxylic acids is 4. The zero-order valence-electron chi connectivity index (χ0n) is 21.4. The van der Waals surface area contributed by atoms with E-state index >= 15 is 0 Å². The molecule has 4 atom stereocenters. The standard InChI is InChI=1S/C30H26BNO7/c1-14-10-16(6-9-23(14)33)25-19-7-8-20-26(21(19)13-22-24(34)11-15(2)28(35)27(22)25)30(37)32(29(20)36)18-5-3-4-17(12-18)31(38)39/h3-7,9-12,20-21,25-26,33,38-39H,8,13H2,1-2H3. The number of fused-ring (bicyclic) bond motifs is 3. The monoisotopic (exact) mass is 523 g/mol. The van der Waals surface area contributed by atoms with Crippen molar-refractivity contribution in [2.45, 2.75) is 32.6 Å². The van der Waals surface area contributed by atoms with Crippen LogP contribution in [0.15, 0.2) is 76.9 Å². The molecule has 0 bridgehead atoms. The number of phenolic OH excluding ortho intramolecular Hbond substituents is 1. The van der Waals surface area contributed by atoms with E-state index in [1.807, 2.05) is 6.08 Å². The van der Waals surface area contributed by atoms with Gasteiger partial charge in [0.25, 0.3) is 0 Å². The number of allylic oxidation sites excluding steroid dienone is 6. The van der Waals surface area contributed by atoms with Gasteiger partial charge in [-0.2, -0.15) is 0 Å². The molecule has 6 rings (SSSR count). The molecule has 2 amide bonds. The fraction of sp³-hybridized carbons (Fsp3) is 0.267. The van der Waals surface area contributed by atoms with Crippen molar-refractivity contribution in [3.05, 3.63) is 88.0 Å². The Morgan fingerprint density at radius 3 is 2.44 bits per heavy atom. The second-order valence-electron chi connectivity index (χ2n) is 10.8. The Kier molecular flexibility index (Phi) is 5.82. The molecule has 1 fully saturated rings. The van der Waals surface area contributed by atoms with Crippen LogP contribution in [0.1, 0.15) is 36.8 Å². The van der Waals surface area contributed by atoms with Crippen molar-refractivity contribution in [1.82, 2.24) is 0 Å². The number of aryl methyl sites for hydroxylation is 1. The van der Waals surface area contributed by atoms with Gasteiger partial charge in [0.2, 0.25) is 11.8 Å². The maximum Gasteiger partial charge on any atom is 0.488 e. The van der Waals surface area contributed by atoms with Gasteiger partial charge in [-0.25, -0.2) is 0 Å². The number of ketones is 2. The lowest BCUT2D eigenvalue weighted by Gasteiger charge is -2.42. The Morgan fingerprint density at radius 1 is 0.949 bits per heavy atom. The van der Waals surface area contributed by atoms with Gasteiger partial charge >= 0.3 is 7.12 Å². The van der Waals surface area contributed by atoms with Gasteiger partial charge in [0.05, 0.1) is 17.5 Å². The fourth-order valence-corrected chi connectivity index (χ4v) is 6.68. The lowest BCUT2D eigenvalue weighted by molar-refractivity contribution is -0.123. The number of carbonyl (C=O) groups is 4. The van der Waals surface area contributed by atoms with E-state index in [4.69, 9.17) is 0 Å². The topological polar surface area (TPSA) is 132 Å². The summed E-state index contributed by atoms with van der Waals surface area (Å²) in [6.45, 7) is 3.38. The lowest BCUT2D eigenvalue weighted by atomic mass is 9.59. The van der Waals surface area contributed by atoms with Gasteiger partial charge in [0, 0.05) is 22.6 Å². The maximum atomic E-state index is 13.9. The average molecular weight is 523 g/mol. The number of aromatic hydroxyl groups is 1. The summed E-state index contributed by atoms with van der Waals surface area (Å²) in [6, 6.07) is 11.1. The summed E-state index contributed by atoms with van der Waals surface area (Å²) >= 11 is 0. The van der Waals surface area contributed by atoms with E-state index in [0.29, 0.717) is 28.7 Å². The molecule has 4 unspecified atom stereocenters. The van der Waals surface area contributed by atoms with Crippen molar-refractivity contribution in [2.24, 2.45) is 17.8 Å². The fourth-order valence-electron chi connectivity index (χ4n) is 6.68. The smallest absolute Gasteiger partial charge is 0.488 e. The Hall–Kier alpha value is -4.08. The first kappa shape index (κ1) is 25.2. The number of phenols is 1. The largest absolute Gasteiger partial charge is 0.508 e. The lowest BCUT2D eigenvalue weighted by Crippen LogP contribution is -2.40. The van der Waals surface area contributed by atoms with Crippen molar-refractivity contribution in [3.8, 4) is 5.75 Å². The van der Waals surface area contributed by atoms with Crippen LogP contribution < -0.4 is 10.4 Å². The normalized spacial score (nSPS) is 26.2. The molecule has 0 saturated carbocycles. The van der Waals surface area contributed by atoms with Crippen LogP contribution in [-0.2, 0) is 19.2 Å². The van der Waals surface area contributed by atoms with Crippen molar-refractivity contribution in [3.63, 3.8) is 0 Å². The molecule has 2 aromatic carbocycles. The summed E-state index contributed by atoms with van der Waals surface area (Å²) in [6.07, 6.45) is 3.75. The Labute approximate surface area is 225 Å². The van der Waals surface area contributed by atoms with Gasteiger partial charge in [-0.3, -0.25) is 24.1 Å². The second-order valence-corrected chi connectivity index (χ2v) is 10.8. The van der Waals surface area contributed by atoms with Crippen molar-refractivity contribution < 1.29 is 34.3 Å². The minimum Gasteiger partial charge on any atom is -0.508 e. The number of hydrogen-bond acceptors (Lipinski definition) is 7. The Balaban J connectivity index is 1.47. The number of imide groups is 1. The van der Waals surface area contributed by atoms with E-state index in [2.05, 4.69) is 0 Å². The summed E-state index contributed by atoms with van der Waals surface area (Å²) in [5.74, 6) is -3.56. The Bertz CT molecular complexity index is 1580. The minimum atomic E-state index is -1.75. The highest BCUT2D eigenvalue weighted by molar-refractivity contribution is 6.58. The molecule has 1 heterocycles. The highest BCUT2D eigenvalue weighted by Gasteiger charge is 2.56. The third kappa shape index (κ3) is 3.76. The van der Waals surface area contributed by atoms with Crippen LogP contribution >= 0.6 is 0 Å². The van der Waals surface area contributed by atoms with Crippen LogP contribution in [0, 0.1) is 24.7 Å². The molecule has 1 aliphatic heterocycles. The molecule has 3 aliphatic carbocycles. The molecule has 39 heavy (non-hydrogen) atoms. The van der Waals surface area contributed by atoms with Crippen molar-refractivity contribution >= 4 is 41.6 Å². The first-order valence-electron chi connectivity index (χ1n) is 12.9. The zero-order chi connectivity index (χ0) is 27.7. The molecule has 196 valence electrons. The molecule has 0 spiro atoms. The number of rotatable bonds is 3. The number of hydrogen-bond donors (Lipinski definition) is 3. The van der Waals surface area contributed by atoms with Crippen LogP contribution in [0.2, 0.25) is 0 Å². The minimum absolute atomic E-state index is 0.113. The summed E-state index contributed by atoms with van der Waals surface area (Å²) in [7, 11) is -1.75. The van der Waals surface area contributed by atoms with E-state index in [0.717, 1.165) is 16.0 Å².